The Hall–Kier alpha value is -2.40. The van der Waals surface area contributed by atoms with E-state index in [1.165, 1.54) is 5.57 Å². The highest BCUT2D eigenvalue weighted by molar-refractivity contribution is 5.44. The topological polar surface area (TPSA) is 67.1 Å². The van der Waals surface area contributed by atoms with Crippen LogP contribution in [-0.2, 0) is 0 Å². The van der Waals surface area contributed by atoms with Gasteiger partial charge < -0.3 is 16.0 Å². The molecule has 0 saturated carbocycles. The monoisotopic (exact) mass is 325 g/mol. The van der Waals surface area contributed by atoms with Crippen LogP contribution in [-0.4, -0.2) is 35.6 Å². The minimum absolute atomic E-state index is 0.339. The highest BCUT2D eigenvalue weighted by Gasteiger charge is 2.21. The lowest BCUT2D eigenvalue weighted by Gasteiger charge is -2.34. The molecule has 24 heavy (non-hydrogen) atoms. The van der Waals surface area contributed by atoms with E-state index >= 15 is 0 Å². The summed E-state index contributed by atoms with van der Waals surface area (Å²) >= 11 is 0. The van der Waals surface area contributed by atoms with Crippen LogP contribution in [0.5, 0.6) is 0 Å². The second-order valence-electron chi connectivity index (χ2n) is 5.96. The SMILES string of the molecule is C=C/C=C\C(=C/C=C)CNC1CCCN(c2cc(C)nc(N)n2)C1. The number of piperidine rings is 1. The molecule has 1 aliphatic heterocycles. The summed E-state index contributed by atoms with van der Waals surface area (Å²) < 4.78 is 0. The number of aryl methyl sites for hydroxylation is 1. The van der Waals surface area contributed by atoms with Crippen LogP contribution < -0.4 is 16.0 Å². The molecule has 1 aromatic heterocycles. The highest BCUT2D eigenvalue weighted by atomic mass is 15.2. The summed E-state index contributed by atoms with van der Waals surface area (Å²) in [6.07, 6.45) is 11.9. The van der Waals surface area contributed by atoms with Gasteiger partial charge in [0.25, 0.3) is 0 Å². The molecular weight excluding hydrogens is 298 g/mol. The van der Waals surface area contributed by atoms with Crippen molar-refractivity contribution in [3.05, 3.63) is 60.9 Å². The molecule has 0 radical (unpaired) electrons. The van der Waals surface area contributed by atoms with E-state index in [1.54, 1.807) is 6.08 Å². The first-order valence-corrected chi connectivity index (χ1v) is 8.32. The Balaban J connectivity index is 1.97. The number of allylic oxidation sites excluding steroid dienone is 4. The van der Waals surface area contributed by atoms with Gasteiger partial charge in [0.05, 0.1) is 0 Å². The Kier molecular flexibility index (Phi) is 6.75. The first kappa shape index (κ1) is 17.9. The van der Waals surface area contributed by atoms with Crippen LogP contribution in [0.3, 0.4) is 0 Å². The summed E-state index contributed by atoms with van der Waals surface area (Å²) in [6.45, 7) is 12.2. The zero-order valence-corrected chi connectivity index (χ0v) is 14.4. The summed E-state index contributed by atoms with van der Waals surface area (Å²) in [5.41, 5.74) is 7.87. The molecule has 2 heterocycles. The molecule has 1 aliphatic rings. The third-order valence-corrected chi connectivity index (χ3v) is 3.98. The molecule has 5 nitrogen and oxygen atoms in total. The van der Waals surface area contributed by atoms with Crippen LogP contribution in [0.25, 0.3) is 0 Å². The summed E-state index contributed by atoms with van der Waals surface area (Å²) in [5.74, 6) is 1.26. The molecule has 128 valence electrons. The summed E-state index contributed by atoms with van der Waals surface area (Å²) in [5, 5.41) is 3.63. The Labute approximate surface area is 144 Å². The number of hydrogen-bond donors (Lipinski definition) is 2. The molecule has 0 aromatic carbocycles. The fourth-order valence-corrected chi connectivity index (χ4v) is 2.87. The molecule has 3 N–H and O–H groups in total. The summed E-state index contributed by atoms with van der Waals surface area (Å²) in [6, 6.07) is 2.41. The normalized spacial score (nSPS) is 18.8. The first-order valence-electron chi connectivity index (χ1n) is 8.32. The minimum Gasteiger partial charge on any atom is -0.368 e. The zero-order chi connectivity index (χ0) is 17.4. The van der Waals surface area contributed by atoms with Crippen molar-refractivity contribution < 1.29 is 0 Å². The van der Waals surface area contributed by atoms with Crippen molar-refractivity contribution >= 4 is 11.8 Å². The molecule has 1 fully saturated rings. The molecule has 0 amide bonds. The Morgan fingerprint density at radius 1 is 1.42 bits per heavy atom. The smallest absolute Gasteiger partial charge is 0.222 e. The van der Waals surface area contributed by atoms with Gasteiger partial charge in [-0.25, -0.2) is 4.98 Å². The van der Waals surface area contributed by atoms with Crippen LogP contribution in [0.15, 0.2) is 55.2 Å². The molecular formula is C19H27N5. The number of nitrogen functional groups attached to an aromatic ring is 1. The zero-order valence-electron chi connectivity index (χ0n) is 14.4. The van der Waals surface area contributed by atoms with Crippen LogP contribution >= 0.6 is 0 Å². The lowest BCUT2D eigenvalue weighted by atomic mass is 10.0. The number of nitrogens with two attached hydrogens (primary N) is 1. The van der Waals surface area contributed by atoms with Gasteiger partial charge in [0.15, 0.2) is 0 Å². The average molecular weight is 325 g/mol. The van der Waals surface area contributed by atoms with Gasteiger partial charge in [-0.3, -0.25) is 0 Å². The van der Waals surface area contributed by atoms with E-state index in [0.717, 1.165) is 44.0 Å². The number of aromatic nitrogens is 2. The van der Waals surface area contributed by atoms with Gasteiger partial charge in [0.2, 0.25) is 5.95 Å². The van der Waals surface area contributed by atoms with Crippen molar-refractivity contribution in [3.63, 3.8) is 0 Å². The second-order valence-corrected chi connectivity index (χ2v) is 5.96. The van der Waals surface area contributed by atoms with E-state index < -0.39 is 0 Å². The van der Waals surface area contributed by atoms with Gasteiger partial charge in [-0.05, 0) is 25.3 Å². The van der Waals surface area contributed by atoms with Crippen molar-refractivity contribution in [2.45, 2.75) is 25.8 Å². The predicted molar refractivity (Wildman–Crippen MR) is 102 cm³/mol. The Bertz CT molecular complexity index is 612. The van der Waals surface area contributed by atoms with E-state index in [4.69, 9.17) is 5.73 Å². The van der Waals surface area contributed by atoms with Crippen molar-refractivity contribution in [1.82, 2.24) is 15.3 Å². The van der Waals surface area contributed by atoms with E-state index in [0.29, 0.717) is 12.0 Å². The second kappa shape index (κ2) is 9.03. The Morgan fingerprint density at radius 2 is 2.25 bits per heavy atom. The van der Waals surface area contributed by atoms with Crippen LogP contribution in [0.4, 0.5) is 11.8 Å². The molecule has 0 aliphatic carbocycles. The van der Waals surface area contributed by atoms with E-state index in [-0.39, 0.29) is 0 Å². The van der Waals surface area contributed by atoms with Crippen LogP contribution in [0.1, 0.15) is 18.5 Å². The number of anilines is 2. The quantitative estimate of drug-likeness (QED) is 0.755. The lowest BCUT2D eigenvalue weighted by Crippen LogP contribution is -2.46. The molecule has 1 atom stereocenters. The first-order chi connectivity index (χ1) is 11.6. The van der Waals surface area contributed by atoms with Gasteiger partial charge in [0, 0.05) is 37.4 Å². The number of nitrogens with zero attached hydrogens (tertiary/aromatic N) is 3. The van der Waals surface area contributed by atoms with Gasteiger partial charge in [-0.15, -0.1) is 0 Å². The average Bonchev–Trinajstić information content (AvgIpc) is 2.57. The van der Waals surface area contributed by atoms with Gasteiger partial charge in [0.1, 0.15) is 5.82 Å². The van der Waals surface area contributed by atoms with Crippen molar-refractivity contribution in [1.29, 1.82) is 0 Å². The largest absolute Gasteiger partial charge is 0.368 e. The predicted octanol–water partition coefficient (Wildman–Crippen LogP) is 2.78. The molecule has 2 rings (SSSR count). The standard InChI is InChI=1S/C19H27N5/c1-4-6-9-16(8-5-2)13-21-17-10-7-11-24(14-17)18-12-15(3)22-19(20)23-18/h4-6,8-9,12,17,21H,1-2,7,10-11,13-14H2,3H3,(H2,20,22,23)/b9-6-,16-8+. The van der Waals surface area contributed by atoms with Crippen LogP contribution in [0.2, 0.25) is 0 Å². The van der Waals surface area contributed by atoms with Crippen LogP contribution in [0, 0.1) is 6.92 Å². The molecule has 1 aromatic rings. The van der Waals surface area contributed by atoms with Gasteiger partial charge >= 0.3 is 0 Å². The molecule has 1 unspecified atom stereocenters. The molecule has 5 heteroatoms. The minimum atomic E-state index is 0.339. The van der Waals surface area contributed by atoms with E-state index in [9.17, 15) is 0 Å². The molecule has 0 spiro atoms. The maximum Gasteiger partial charge on any atom is 0.222 e. The fraction of sp³-hybridized carbons (Fsp3) is 0.368. The van der Waals surface area contributed by atoms with Gasteiger partial charge in [-0.2, -0.15) is 4.98 Å². The third kappa shape index (κ3) is 5.35. The van der Waals surface area contributed by atoms with Crippen molar-refractivity contribution in [3.8, 4) is 0 Å². The number of rotatable bonds is 7. The third-order valence-electron chi connectivity index (χ3n) is 3.98. The van der Waals surface area contributed by atoms with Crippen molar-refractivity contribution in [2.24, 2.45) is 0 Å². The van der Waals surface area contributed by atoms with Gasteiger partial charge in [-0.1, -0.05) is 43.5 Å². The van der Waals surface area contributed by atoms with Crippen molar-refractivity contribution in [2.75, 3.05) is 30.3 Å². The fourth-order valence-electron chi connectivity index (χ4n) is 2.87. The molecule has 1 saturated heterocycles. The van der Waals surface area contributed by atoms with E-state index in [2.05, 4.69) is 39.4 Å². The molecule has 0 bridgehead atoms. The Morgan fingerprint density at radius 3 is 2.96 bits per heavy atom. The maximum atomic E-state index is 5.78. The summed E-state index contributed by atoms with van der Waals surface area (Å²) in [4.78, 5) is 10.8. The number of nitrogens with one attached hydrogen (secondary N) is 1. The maximum absolute atomic E-state index is 5.78. The highest BCUT2D eigenvalue weighted by Crippen LogP contribution is 2.19. The van der Waals surface area contributed by atoms with E-state index in [1.807, 2.05) is 31.2 Å². The number of hydrogen-bond acceptors (Lipinski definition) is 5. The lowest BCUT2D eigenvalue weighted by molar-refractivity contribution is 0.434. The summed E-state index contributed by atoms with van der Waals surface area (Å²) in [7, 11) is 0.